The van der Waals surface area contributed by atoms with Crippen molar-refractivity contribution in [2.75, 3.05) is 19.0 Å². The molecule has 1 N–H and O–H groups in total. The summed E-state index contributed by atoms with van der Waals surface area (Å²) in [6.07, 6.45) is 0. The van der Waals surface area contributed by atoms with Crippen molar-refractivity contribution < 1.29 is 19.1 Å². The number of hydrogen-bond acceptors (Lipinski definition) is 4. The summed E-state index contributed by atoms with van der Waals surface area (Å²) >= 11 is 0. The summed E-state index contributed by atoms with van der Waals surface area (Å²) in [6.45, 7) is 3.92. The number of amides is 1. The molecular formula is C18H19NO4. The molecule has 2 aromatic carbocycles. The van der Waals surface area contributed by atoms with Crippen LogP contribution in [0.15, 0.2) is 42.5 Å². The SMILES string of the molecule is CCOC(=O)c1cccc(NC(=O)c2ccc(OC)c(C)c2)c1. The molecule has 0 aromatic heterocycles. The molecule has 0 aliphatic carbocycles. The van der Waals surface area contributed by atoms with Crippen LogP contribution in [0.2, 0.25) is 0 Å². The van der Waals surface area contributed by atoms with Crippen LogP contribution in [0.1, 0.15) is 33.2 Å². The Bertz CT molecular complexity index is 725. The minimum atomic E-state index is -0.413. The number of methoxy groups -OCH3 is 1. The molecule has 0 aliphatic rings. The van der Waals surface area contributed by atoms with E-state index in [1.54, 1.807) is 56.5 Å². The van der Waals surface area contributed by atoms with E-state index in [9.17, 15) is 9.59 Å². The number of ether oxygens (including phenoxy) is 2. The normalized spacial score (nSPS) is 10.0. The molecular weight excluding hydrogens is 294 g/mol. The Hall–Kier alpha value is -2.82. The lowest BCUT2D eigenvalue weighted by Gasteiger charge is -2.09. The van der Waals surface area contributed by atoms with Gasteiger partial charge in [0.15, 0.2) is 0 Å². The molecule has 0 aliphatic heterocycles. The van der Waals surface area contributed by atoms with Crippen molar-refractivity contribution in [1.29, 1.82) is 0 Å². The average Bonchev–Trinajstić information content (AvgIpc) is 2.55. The number of benzene rings is 2. The second kappa shape index (κ2) is 7.45. The lowest BCUT2D eigenvalue weighted by molar-refractivity contribution is 0.0526. The fourth-order valence-corrected chi connectivity index (χ4v) is 2.16. The number of hydrogen-bond donors (Lipinski definition) is 1. The Balaban J connectivity index is 2.15. The Kier molecular flexibility index (Phi) is 5.36. The van der Waals surface area contributed by atoms with Crippen molar-refractivity contribution in [1.82, 2.24) is 0 Å². The highest BCUT2D eigenvalue weighted by Crippen LogP contribution is 2.20. The van der Waals surface area contributed by atoms with Crippen LogP contribution >= 0.6 is 0 Å². The lowest BCUT2D eigenvalue weighted by atomic mass is 10.1. The molecule has 23 heavy (non-hydrogen) atoms. The van der Waals surface area contributed by atoms with Crippen molar-refractivity contribution in [3.8, 4) is 5.75 Å². The Labute approximate surface area is 135 Å². The van der Waals surface area contributed by atoms with Gasteiger partial charge in [0.2, 0.25) is 0 Å². The molecule has 0 radical (unpaired) electrons. The number of rotatable bonds is 5. The maximum absolute atomic E-state index is 12.3. The van der Waals surface area contributed by atoms with E-state index in [-0.39, 0.29) is 5.91 Å². The van der Waals surface area contributed by atoms with Gasteiger partial charge in [-0.1, -0.05) is 6.07 Å². The fraction of sp³-hybridized carbons (Fsp3) is 0.222. The summed E-state index contributed by atoms with van der Waals surface area (Å²) in [5.74, 6) is 0.0616. The zero-order valence-corrected chi connectivity index (χ0v) is 13.4. The molecule has 5 heteroatoms. The number of aryl methyl sites for hydroxylation is 1. The molecule has 120 valence electrons. The largest absolute Gasteiger partial charge is 0.496 e. The van der Waals surface area contributed by atoms with Crippen LogP contribution in [-0.4, -0.2) is 25.6 Å². The molecule has 0 heterocycles. The summed E-state index contributed by atoms with van der Waals surface area (Å²) in [7, 11) is 1.59. The van der Waals surface area contributed by atoms with Crippen molar-refractivity contribution in [2.24, 2.45) is 0 Å². The van der Waals surface area contributed by atoms with E-state index in [1.165, 1.54) is 0 Å². The van der Waals surface area contributed by atoms with Crippen LogP contribution in [0, 0.1) is 6.92 Å². The van der Waals surface area contributed by atoms with Gasteiger partial charge in [0.25, 0.3) is 5.91 Å². The summed E-state index contributed by atoms with van der Waals surface area (Å²) in [5, 5.41) is 2.77. The van der Waals surface area contributed by atoms with Gasteiger partial charge in [-0.05, 0) is 55.8 Å². The first kappa shape index (κ1) is 16.5. The van der Waals surface area contributed by atoms with E-state index in [0.717, 1.165) is 11.3 Å². The van der Waals surface area contributed by atoms with Crippen LogP contribution < -0.4 is 10.1 Å². The second-order valence-corrected chi connectivity index (χ2v) is 4.94. The molecule has 2 rings (SSSR count). The van der Waals surface area contributed by atoms with Gasteiger partial charge in [-0.25, -0.2) is 4.79 Å². The number of carbonyl (C=O) groups is 2. The minimum Gasteiger partial charge on any atom is -0.496 e. The Morgan fingerprint density at radius 1 is 1.09 bits per heavy atom. The monoisotopic (exact) mass is 313 g/mol. The number of nitrogens with one attached hydrogen (secondary N) is 1. The van der Waals surface area contributed by atoms with Crippen LogP contribution in [0.25, 0.3) is 0 Å². The molecule has 0 bridgehead atoms. The van der Waals surface area contributed by atoms with Gasteiger partial charge in [-0.3, -0.25) is 4.79 Å². The van der Waals surface area contributed by atoms with Gasteiger partial charge in [-0.15, -0.1) is 0 Å². The average molecular weight is 313 g/mol. The number of esters is 1. The number of anilines is 1. The highest BCUT2D eigenvalue weighted by Gasteiger charge is 2.11. The molecule has 0 saturated heterocycles. The molecule has 5 nitrogen and oxygen atoms in total. The van der Waals surface area contributed by atoms with Crippen molar-refractivity contribution >= 4 is 17.6 Å². The zero-order valence-electron chi connectivity index (χ0n) is 13.4. The zero-order chi connectivity index (χ0) is 16.8. The van der Waals surface area contributed by atoms with E-state index in [1.807, 2.05) is 6.92 Å². The third-order valence-electron chi connectivity index (χ3n) is 3.29. The quantitative estimate of drug-likeness (QED) is 0.859. The molecule has 0 saturated carbocycles. The summed E-state index contributed by atoms with van der Waals surface area (Å²) in [5.41, 5.74) is 2.33. The Morgan fingerprint density at radius 3 is 2.52 bits per heavy atom. The molecule has 2 aromatic rings. The van der Waals surface area contributed by atoms with E-state index in [2.05, 4.69) is 5.32 Å². The topological polar surface area (TPSA) is 64.6 Å². The number of carbonyl (C=O) groups excluding carboxylic acids is 2. The first-order valence-corrected chi connectivity index (χ1v) is 7.28. The van der Waals surface area contributed by atoms with Crippen LogP contribution in [0.4, 0.5) is 5.69 Å². The van der Waals surface area contributed by atoms with Gasteiger partial charge in [0.1, 0.15) is 5.75 Å². The van der Waals surface area contributed by atoms with Crippen molar-refractivity contribution in [3.05, 3.63) is 59.2 Å². The molecule has 0 fully saturated rings. The summed E-state index contributed by atoms with van der Waals surface area (Å²) < 4.78 is 10.1. The first-order chi connectivity index (χ1) is 11.0. The van der Waals surface area contributed by atoms with Crippen molar-refractivity contribution in [2.45, 2.75) is 13.8 Å². The fourth-order valence-electron chi connectivity index (χ4n) is 2.16. The first-order valence-electron chi connectivity index (χ1n) is 7.28. The van der Waals surface area contributed by atoms with Crippen molar-refractivity contribution in [3.63, 3.8) is 0 Å². The smallest absolute Gasteiger partial charge is 0.338 e. The highest BCUT2D eigenvalue weighted by atomic mass is 16.5. The second-order valence-electron chi connectivity index (χ2n) is 4.94. The summed E-state index contributed by atoms with van der Waals surface area (Å²) in [6, 6.07) is 11.8. The van der Waals surface area contributed by atoms with Gasteiger partial charge in [0, 0.05) is 11.3 Å². The predicted molar refractivity (Wildman–Crippen MR) is 88.1 cm³/mol. The van der Waals surface area contributed by atoms with Gasteiger partial charge in [0.05, 0.1) is 19.3 Å². The van der Waals surface area contributed by atoms with Gasteiger partial charge < -0.3 is 14.8 Å². The van der Waals surface area contributed by atoms with E-state index in [4.69, 9.17) is 9.47 Å². The molecule has 0 atom stereocenters. The molecule has 0 unspecified atom stereocenters. The standard InChI is InChI=1S/C18H19NO4/c1-4-23-18(21)14-6-5-7-15(11-14)19-17(20)13-8-9-16(22-3)12(2)10-13/h5-11H,4H2,1-3H3,(H,19,20). The van der Waals surface area contributed by atoms with Crippen LogP contribution in [0.3, 0.4) is 0 Å². The summed E-state index contributed by atoms with van der Waals surface area (Å²) in [4.78, 5) is 24.0. The van der Waals surface area contributed by atoms with E-state index in [0.29, 0.717) is 23.4 Å². The third-order valence-corrected chi connectivity index (χ3v) is 3.29. The molecule has 0 spiro atoms. The van der Waals surface area contributed by atoms with Crippen LogP contribution in [-0.2, 0) is 4.74 Å². The minimum absolute atomic E-state index is 0.253. The van der Waals surface area contributed by atoms with Gasteiger partial charge in [-0.2, -0.15) is 0 Å². The Morgan fingerprint density at radius 2 is 1.87 bits per heavy atom. The van der Waals surface area contributed by atoms with E-state index < -0.39 is 5.97 Å². The third kappa shape index (κ3) is 4.10. The highest BCUT2D eigenvalue weighted by molar-refractivity contribution is 6.05. The maximum Gasteiger partial charge on any atom is 0.338 e. The lowest BCUT2D eigenvalue weighted by Crippen LogP contribution is -2.13. The molecule has 1 amide bonds. The van der Waals surface area contributed by atoms with Crippen LogP contribution in [0.5, 0.6) is 5.75 Å². The maximum atomic E-state index is 12.3. The predicted octanol–water partition coefficient (Wildman–Crippen LogP) is 3.43. The van der Waals surface area contributed by atoms with E-state index >= 15 is 0 Å². The van der Waals surface area contributed by atoms with Gasteiger partial charge >= 0.3 is 5.97 Å².